The van der Waals surface area contributed by atoms with Gasteiger partial charge < -0.3 is 25.0 Å². The van der Waals surface area contributed by atoms with Gasteiger partial charge in [-0.25, -0.2) is 14.4 Å². The minimum absolute atomic E-state index is 0.226. The van der Waals surface area contributed by atoms with E-state index < -0.39 is 11.9 Å². The molecule has 9 nitrogen and oxygen atoms in total. The summed E-state index contributed by atoms with van der Waals surface area (Å²) in [6.07, 6.45) is 3.14. The predicted molar refractivity (Wildman–Crippen MR) is 126 cm³/mol. The molecule has 3 heterocycles. The van der Waals surface area contributed by atoms with Crippen molar-refractivity contribution in [2.75, 3.05) is 19.7 Å². The number of aromatic nitrogens is 3. The van der Waals surface area contributed by atoms with E-state index in [9.17, 15) is 19.1 Å². The van der Waals surface area contributed by atoms with Gasteiger partial charge in [0.25, 0.3) is 11.8 Å². The van der Waals surface area contributed by atoms with E-state index >= 15 is 0 Å². The van der Waals surface area contributed by atoms with E-state index in [4.69, 9.17) is 4.74 Å². The number of carbonyl (C=O) groups is 2. The molecule has 1 saturated heterocycles. The van der Waals surface area contributed by atoms with Crippen LogP contribution < -0.4 is 10.1 Å². The molecule has 2 amide bonds. The quantitative estimate of drug-likeness (QED) is 0.477. The average Bonchev–Trinajstić information content (AvgIpc) is 3.43. The SMILES string of the molecule is Cc1[nH]c2c(-c3ccc(F)cc3OCC3CC3)ncnc2c1C(=O)N[C@@H]1CCN(C(=O)[C@H](C)O)C1. The summed E-state index contributed by atoms with van der Waals surface area (Å²) in [6, 6.07) is 4.11. The van der Waals surface area contributed by atoms with Crippen molar-refractivity contribution in [3.8, 4) is 17.0 Å². The lowest BCUT2D eigenvalue weighted by Crippen LogP contribution is -2.41. The molecule has 0 unspecified atom stereocenters. The van der Waals surface area contributed by atoms with Gasteiger partial charge in [0.15, 0.2) is 0 Å². The van der Waals surface area contributed by atoms with Crippen LogP contribution in [0.1, 0.15) is 42.2 Å². The van der Waals surface area contributed by atoms with E-state index in [0.717, 1.165) is 12.8 Å². The zero-order chi connectivity index (χ0) is 24.7. The Hall–Kier alpha value is -3.53. The van der Waals surface area contributed by atoms with Crippen molar-refractivity contribution in [2.24, 2.45) is 5.92 Å². The molecule has 3 aromatic rings. The number of halogens is 1. The van der Waals surface area contributed by atoms with Gasteiger partial charge in [-0.3, -0.25) is 9.59 Å². The van der Waals surface area contributed by atoms with Crippen molar-refractivity contribution < 1.29 is 23.8 Å². The van der Waals surface area contributed by atoms with E-state index in [-0.39, 0.29) is 17.9 Å². The largest absolute Gasteiger partial charge is 0.492 e. The van der Waals surface area contributed by atoms with Crippen LogP contribution in [0.4, 0.5) is 4.39 Å². The highest BCUT2D eigenvalue weighted by Gasteiger charge is 2.31. The third kappa shape index (κ3) is 4.70. The molecule has 1 aromatic carbocycles. The van der Waals surface area contributed by atoms with E-state index in [1.807, 2.05) is 0 Å². The first-order valence-corrected chi connectivity index (χ1v) is 11.9. The predicted octanol–water partition coefficient (Wildman–Crippen LogP) is 2.57. The number of nitrogens with zero attached hydrogens (tertiary/aromatic N) is 3. The highest BCUT2D eigenvalue weighted by Crippen LogP contribution is 2.36. The highest BCUT2D eigenvalue weighted by molar-refractivity contribution is 6.09. The molecule has 0 spiro atoms. The van der Waals surface area contributed by atoms with Crippen LogP contribution in [0, 0.1) is 18.7 Å². The highest BCUT2D eigenvalue weighted by atomic mass is 19.1. The molecule has 3 N–H and O–H groups in total. The van der Waals surface area contributed by atoms with Crippen LogP contribution in [0.25, 0.3) is 22.3 Å². The van der Waals surface area contributed by atoms with Crippen LogP contribution in [0.15, 0.2) is 24.5 Å². The number of aliphatic hydroxyl groups excluding tert-OH is 1. The molecule has 1 aliphatic heterocycles. The van der Waals surface area contributed by atoms with Crippen molar-refractivity contribution in [1.29, 1.82) is 0 Å². The van der Waals surface area contributed by atoms with Crippen molar-refractivity contribution in [3.63, 3.8) is 0 Å². The van der Waals surface area contributed by atoms with Crippen molar-refractivity contribution in [3.05, 3.63) is 41.6 Å². The van der Waals surface area contributed by atoms with Crippen molar-refractivity contribution in [1.82, 2.24) is 25.2 Å². The minimum atomic E-state index is -1.07. The Labute approximate surface area is 201 Å². The summed E-state index contributed by atoms with van der Waals surface area (Å²) in [5, 5.41) is 12.5. The first kappa shape index (κ1) is 23.2. The summed E-state index contributed by atoms with van der Waals surface area (Å²) < 4.78 is 19.9. The second kappa shape index (κ2) is 9.26. The zero-order valence-corrected chi connectivity index (χ0v) is 19.7. The fraction of sp³-hybridized carbons (Fsp3) is 0.440. The molecule has 184 valence electrons. The molecule has 2 fully saturated rings. The van der Waals surface area contributed by atoms with Crippen LogP contribution in [-0.4, -0.2) is 68.6 Å². The number of nitrogens with one attached hydrogen (secondary N) is 2. The van der Waals surface area contributed by atoms with Gasteiger partial charge in [-0.05, 0) is 51.2 Å². The van der Waals surface area contributed by atoms with Crippen molar-refractivity contribution in [2.45, 2.75) is 45.3 Å². The van der Waals surface area contributed by atoms with Crippen LogP contribution in [-0.2, 0) is 4.79 Å². The number of likely N-dealkylation sites (tertiary alicyclic amines) is 1. The maximum Gasteiger partial charge on any atom is 0.255 e. The lowest BCUT2D eigenvalue weighted by Gasteiger charge is -2.18. The van der Waals surface area contributed by atoms with Gasteiger partial charge in [-0.2, -0.15) is 0 Å². The lowest BCUT2D eigenvalue weighted by atomic mass is 10.1. The minimum Gasteiger partial charge on any atom is -0.492 e. The first-order chi connectivity index (χ1) is 16.8. The molecule has 2 aromatic heterocycles. The fourth-order valence-electron chi connectivity index (χ4n) is 4.51. The number of aromatic amines is 1. The van der Waals surface area contributed by atoms with Crippen LogP contribution in [0.5, 0.6) is 5.75 Å². The van der Waals surface area contributed by atoms with Crippen molar-refractivity contribution >= 4 is 22.8 Å². The maximum absolute atomic E-state index is 14.0. The summed E-state index contributed by atoms with van der Waals surface area (Å²) in [4.78, 5) is 38.9. The molecular formula is C25H28FN5O4. The molecule has 0 radical (unpaired) electrons. The Bertz CT molecular complexity index is 1290. The molecule has 1 saturated carbocycles. The second-order valence-electron chi connectivity index (χ2n) is 9.39. The number of amides is 2. The molecule has 5 rings (SSSR count). The third-order valence-corrected chi connectivity index (χ3v) is 6.56. The summed E-state index contributed by atoms with van der Waals surface area (Å²) >= 11 is 0. The van der Waals surface area contributed by atoms with Crippen LogP contribution in [0.3, 0.4) is 0 Å². The zero-order valence-electron chi connectivity index (χ0n) is 19.7. The summed E-state index contributed by atoms with van der Waals surface area (Å²) in [7, 11) is 0. The van der Waals surface area contributed by atoms with Gasteiger partial charge in [-0.1, -0.05) is 0 Å². The van der Waals surface area contributed by atoms with Gasteiger partial charge in [0.1, 0.15) is 35.2 Å². The Morgan fingerprint density at radius 1 is 1.31 bits per heavy atom. The number of fused-ring (bicyclic) bond motifs is 1. The second-order valence-corrected chi connectivity index (χ2v) is 9.39. The van der Waals surface area contributed by atoms with E-state index in [0.29, 0.717) is 71.3 Å². The standard InChI is InChI=1S/C25H28FN5O4/c1-13-20(24(33)30-17-7-8-31(10-17)25(34)14(2)32)22-23(29-13)21(27-12-28-22)18-6-5-16(26)9-19(18)35-11-15-3-4-15/h5-6,9,12,14-15,17,29,32H,3-4,7-8,10-11H2,1-2H3,(H,30,33)/t14-,17+/m0/s1. The van der Waals surface area contributed by atoms with Gasteiger partial charge >= 0.3 is 0 Å². The van der Waals surface area contributed by atoms with Gasteiger partial charge in [0.05, 0.1) is 17.7 Å². The third-order valence-electron chi connectivity index (χ3n) is 6.56. The molecular weight excluding hydrogens is 453 g/mol. The van der Waals surface area contributed by atoms with Gasteiger partial charge in [0, 0.05) is 36.5 Å². The Morgan fingerprint density at radius 3 is 2.86 bits per heavy atom. The lowest BCUT2D eigenvalue weighted by molar-refractivity contribution is -0.138. The number of benzene rings is 1. The molecule has 2 atom stereocenters. The monoisotopic (exact) mass is 481 g/mol. The number of rotatable bonds is 7. The molecule has 35 heavy (non-hydrogen) atoms. The average molecular weight is 482 g/mol. The smallest absolute Gasteiger partial charge is 0.255 e. The number of ether oxygens (including phenoxy) is 1. The molecule has 1 aliphatic carbocycles. The normalized spacial score (nSPS) is 18.6. The van der Waals surface area contributed by atoms with Gasteiger partial charge in [-0.15, -0.1) is 0 Å². The maximum atomic E-state index is 14.0. The number of aryl methyl sites for hydroxylation is 1. The molecule has 2 aliphatic rings. The number of hydrogen-bond acceptors (Lipinski definition) is 6. The van der Waals surface area contributed by atoms with E-state index in [1.54, 1.807) is 17.9 Å². The topological polar surface area (TPSA) is 120 Å². The van der Waals surface area contributed by atoms with E-state index in [1.165, 1.54) is 25.4 Å². The molecule has 10 heteroatoms. The number of H-pyrrole nitrogens is 1. The van der Waals surface area contributed by atoms with Crippen LogP contribution >= 0.6 is 0 Å². The summed E-state index contributed by atoms with van der Waals surface area (Å²) in [5.74, 6) is -0.140. The Kier molecular flexibility index (Phi) is 6.14. The summed E-state index contributed by atoms with van der Waals surface area (Å²) in [5.41, 5.74) is 3.18. The molecule has 0 bridgehead atoms. The van der Waals surface area contributed by atoms with Crippen LogP contribution in [0.2, 0.25) is 0 Å². The Morgan fingerprint density at radius 2 is 2.11 bits per heavy atom. The van der Waals surface area contributed by atoms with Gasteiger partial charge in [0.2, 0.25) is 0 Å². The number of aliphatic hydroxyl groups is 1. The Balaban J connectivity index is 1.42. The fourth-order valence-corrected chi connectivity index (χ4v) is 4.51. The van der Waals surface area contributed by atoms with E-state index in [2.05, 4.69) is 20.3 Å². The number of hydrogen-bond donors (Lipinski definition) is 3. The number of carbonyl (C=O) groups excluding carboxylic acids is 2. The summed E-state index contributed by atoms with van der Waals surface area (Å²) in [6.45, 7) is 4.56. The first-order valence-electron chi connectivity index (χ1n) is 11.9.